The fourth-order valence-electron chi connectivity index (χ4n) is 3.06. The van der Waals surface area contributed by atoms with Crippen molar-refractivity contribution >= 4 is 16.7 Å². The second kappa shape index (κ2) is 8.32. The summed E-state index contributed by atoms with van der Waals surface area (Å²) in [5.41, 5.74) is -0.296. The first kappa shape index (κ1) is 20.2. The lowest BCUT2D eigenvalue weighted by molar-refractivity contribution is -0.384. The monoisotopic (exact) mass is 425 g/mol. The number of halogens is 1. The van der Waals surface area contributed by atoms with Crippen LogP contribution >= 0.6 is 0 Å². The summed E-state index contributed by atoms with van der Waals surface area (Å²) in [6.45, 7) is -0.217. The summed E-state index contributed by atoms with van der Waals surface area (Å²) >= 11 is 0. The molecule has 0 saturated carbocycles. The van der Waals surface area contributed by atoms with Gasteiger partial charge in [0.25, 0.3) is 11.2 Å². The Hall–Kier alpha value is -4.12. The van der Waals surface area contributed by atoms with E-state index in [4.69, 9.17) is 4.74 Å². The van der Waals surface area contributed by atoms with E-state index in [1.807, 2.05) is 0 Å². The third kappa shape index (κ3) is 4.12. The zero-order chi connectivity index (χ0) is 22.0. The van der Waals surface area contributed by atoms with Crippen LogP contribution in [-0.4, -0.2) is 42.1 Å². The molecule has 0 aliphatic heterocycles. The fraction of sp³-hybridized carbons (Fsp3) is 0.150. The van der Waals surface area contributed by atoms with Crippen LogP contribution in [0.5, 0.6) is 5.75 Å². The van der Waals surface area contributed by atoms with Crippen LogP contribution < -0.4 is 10.3 Å². The molecule has 0 fully saturated rings. The van der Waals surface area contributed by atoms with Gasteiger partial charge >= 0.3 is 0 Å². The molecule has 10 nitrogen and oxygen atoms in total. The predicted octanol–water partition coefficient (Wildman–Crippen LogP) is 2.07. The van der Waals surface area contributed by atoms with Crippen molar-refractivity contribution in [2.75, 3.05) is 6.61 Å². The molecule has 4 rings (SSSR count). The molecule has 0 aliphatic carbocycles. The number of rotatable bonds is 7. The van der Waals surface area contributed by atoms with Crippen LogP contribution in [0.3, 0.4) is 0 Å². The first-order valence-electron chi connectivity index (χ1n) is 9.17. The van der Waals surface area contributed by atoms with E-state index < -0.39 is 22.4 Å². The van der Waals surface area contributed by atoms with Gasteiger partial charge in [0.1, 0.15) is 41.7 Å². The van der Waals surface area contributed by atoms with E-state index in [0.29, 0.717) is 5.75 Å². The Bertz CT molecular complexity index is 1300. The van der Waals surface area contributed by atoms with Crippen LogP contribution in [0.1, 0.15) is 0 Å². The highest BCUT2D eigenvalue weighted by Crippen LogP contribution is 2.23. The predicted molar refractivity (Wildman–Crippen MR) is 108 cm³/mol. The zero-order valence-corrected chi connectivity index (χ0v) is 16.0. The van der Waals surface area contributed by atoms with E-state index in [2.05, 4.69) is 10.1 Å². The molecule has 0 saturated heterocycles. The number of aliphatic hydroxyl groups excluding tert-OH is 1. The van der Waals surface area contributed by atoms with Crippen LogP contribution in [0.15, 0.2) is 65.8 Å². The van der Waals surface area contributed by atoms with Crippen molar-refractivity contribution in [3.63, 3.8) is 0 Å². The van der Waals surface area contributed by atoms with E-state index in [0.717, 1.165) is 0 Å². The molecule has 0 bridgehead atoms. The quantitative estimate of drug-likeness (QED) is 0.355. The molecule has 0 unspecified atom stereocenters. The number of fused-ring (bicyclic) bond motifs is 1. The van der Waals surface area contributed by atoms with Crippen molar-refractivity contribution in [1.82, 2.24) is 19.3 Å². The van der Waals surface area contributed by atoms with Gasteiger partial charge in [-0.05, 0) is 30.3 Å². The molecule has 2 aromatic carbocycles. The molecule has 11 heteroatoms. The van der Waals surface area contributed by atoms with E-state index >= 15 is 0 Å². The second-order valence-electron chi connectivity index (χ2n) is 6.66. The van der Waals surface area contributed by atoms with Crippen molar-refractivity contribution in [3.05, 3.63) is 87.3 Å². The van der Waals surface area contributed by atoms with Crippen molar-refractivity contribution < 1.29 is 19.2 Å². The van der Waals surface area contributed by atoms with Crippen molar-refractivity contribution in [3.8, 4) is 11.4 Å². The molecule has 0 aliphatic rings. The Morgan fingerprint density at radius 3 is 2.68 bits per heavy atom. The number of aliphatic hydroxyl groups is 1. The fourth-order valence-corrected chi connectivity index (χ4v) is 3.06. The van der Waals surface area contributed by atoms with E-state index in [9.17, 15) is 24.4 Å². The average Bonchev–Trinajstić information content (AvgIpc) is 3.20. The molecule has 1 N–H and O–H groups in total. The number of aromatic nitrogens is 4. The molecule has 4 aromatic rings. The largest absolute Gasteiger partial charge is 0.491 e. The van der Waals surface area contributed by atoms with Crippen LogP contribution in [0.25, 0.3) is 16.7 Å². The Morgan fingerprint density at radius 2 is 1.94 bits per heavy atom. The van der Waals surface area contributed by atoms with Gasteiger partial charge in [0.15, 0.2) is 5.65 Å². The number of hydrogen-bond acceptors (Lipinski definition) is 7. The van der Waals surface area contributed by atoms with Crippen LogP contribution in [0.4, 0.5) is 10.1 Å². The van der Waals surface area contributed by atoms with Crippen molar-refractivity contribution in [2.45, 2.75) is 12.6 Å². The highest BCUT2D eigenvalue weighted by atomic mass is 19.1. The van der Waals surface area contributed by atoms with Crippen molar-refractivity contribution in [1.29, 1.82) is 0 Å². The van der Waals surface area contributed by atoms with Crippen LogP contribution in [-0.2, 0) is 6.54 Å². The van der Waals surface area contributed by atoms with Gasteiger partial charge in [-0.2, -0.15) is 5.10 Å². The minimum Gasteiger partial charge on any atom is -0.491 e. The maximum Gasteiger partial charge on any atom is 0.294 e. The standard InChI is InChI=1S/C20H16FN5O5/c21-13-5-7-15(8-6-13)31-11-14(27)10-24-12-22-19-16(20(24)28)9-23-25(19)17-3-1-2-4-18(17)26(29)30/h1-9,12,14,27H,10-11H2/t14-/m1/s1. The normalized spacial score (nSPS) is 12.1. The first-order chi connectivity index (χ1) is 14.9. The molecule has 0 spiro atoms. The summed E-state index contributed by atoms with van der Waals surface area (Å²) in [6, 6.07) is 11.3. The first-order valence-corrected chi connectivity index (χ1v) is 9.17. The molecule has 158 valence electrons. The minimum absolute atomic E-state index is 0.0976. The summed E-state index contributed by atoms with van der Waals surface area (Å²) in [6.07, 6.45) is 1.48. The zero-order valence-electron chi connectivity index (χ0n) is 16.0. The summed E-state index contributed by atoms with van der Waals surface area (Å²) in [4.78, 5) is 27.7. The lowest BCUT2D eigenvalue weighted by Gasteiger charge is -2.13. The van der Waals surface area contributed by atoms with Crippen molar-refractivity contribution in [2.24, 2.45) is 0 Å². The lowest BCUT2D eigenvalue weighted by atomic mass is 10.2. The third-order valence-electron chi connectivity index (χ3n) is 4.52. The Balaban J connectivity index is 1.56. The van der Waals surface area contributed by atoms with Gasteiger partial charge in [-0.25, -0.2) is 14.1 Å². The van der Waals surface area contributed by atoms with Gasteiger partial charge < -0.3 is 9.84 Å². The third-order valence-corrected chi connectivity index (χ3v) is 4.52. The van der Waals surface area contributed by atoms with E-state index in [-0.39, 0.29) is 35.6 Å². The van der Waals surface area contributed by atoms with E-state index in [1.54, 1.807) is 6.07 Å². The minimum atomic E-state index is -1.03. The van der Waals surface area contributed by atoms with Gasteiger partial charge in [-0.3, -0.25) is 19.5 Å². The van der Waals surface area contributed by atoms with Crippen LogP contribution in [0.2, 0.25) is 0 Å². The molecule has 1 atom stereocenters. The average molecular weight is 425 g/mol. The number of hydrogen-bond donors (Lipinski definition) is 1. The summed E-state index contributed by atoms with van der Waals surface area (Å²) < 4.78 is 20.7. The molecule has 2 aromatic heterocycles. The van der Waals surface area contributed by atoms with E-state index in [1.165, 1.54) is 64.2 Å². The molecular formula is C20H16FN5O5. The number of para-hydroxylation sites is 2. The summed E-state index contributed by atoms with van der Waals surface area (Å²) in [5, 5.41) is 25.7. The topological polar surface area (TPSA) is 125 Å². The Kier molecular flexibility index (Phi) is 5.41. The second-order valence-corrected chi connectivity index (χ2v) is 6.66. The Morgan fingerprint density at radius 1 is 1.19 bits per heavy atom. The van der Waals surface area contributed by atoms with Crippen LogP contribution in [0, 0.1) is 15.9 Å². The summed E-state index contributed by atoms with van der Waals surface area (Å²) in [5.74, 6) is -0.0210. The molecule has 0 radical (unpaired) electrons. The maximum absolute atomic E-state index is 12.9. The van der Waals surface area contributed by atoms with Gasteiger partial charge in [0.05, 0.1) is 17.7 Å². The summed E-state index contributed by atoms with van der Waals surface area (Å²) in [7, 11) is 0. The number of nitro benzene ring substituents is 1. The number of nitro groups is 1. The lowest BCUT2D eigenvalue weighted by Crippen LogP contribution is -2.30. The molecule has 31 heavy (non-hydrogen) atoms. The maximum atomic E-state index is 12.9. The van der Waals surface area contributed by atoms with Gasteiger partial charge in [-0.15, -0.1) is 0 Å². The molecular weight excluding hydrogens is 409 g/mol. The molecule has 2 heterocycles. The highest BCUT2D eigenvalue weighted by Gasteiger charge is 2.19. The number of nitrogens with zero attached hydrogens (tertiary/aromatic N) is 5. The number of ether oxygens (including phenoxy) is 1. The molecule has 0 amide bonds. The van der Waals surface area contributed by atoms with Gasteiger partial charge in [0.2, 0.25) is 0 Å². The number of benzene rings is 2. The van der Waals surface area contributed by atoms with Gasteiger partial charge in [0, 0.05) is 6.07 Å². The smallest absolute Gasteiger partial charge is 0.294 e. The highest BCUT2D eigenvalue weighted by molar-refractivity contribution is 5.76. The SMILES string of the molecule is O=c1c2cnn(-c3ccccc3[N+](=O)[O-])c2ncn1C[C@@H](O)COc1ccc(F)cc1. The van der Waals surface area contributed by atoms with Gasteiger partial charge in [-0.1, -0.05) is 12.1 Å². The Labute approximate surface area is 173 Å².